The highest BCUT2D eigenvalue weighted by Gasteiger charge is 2.05. The topological polar surface area (TPSA) is 47.6 Å². The van der Waals surface area contributed by atoms with Gasteiger partial charge in [0.05, 0.1) is 13.7 Å². The van der Waals surface area contributed by atoms with Crippen molar-refractivity contribution in [2.75, 3.05) is 32.3 Å². The van der Waals surface area contributed by atoms with Gasteiger partial charge in [0, 0.05) is 35.9 Å². The largest absolute Gasteiger partial charge is 0.493 e. The maximum absolute atomic E-state index is 10.9. The van der Waals surface area contributed by atoms with Crippen LogP contribution in [0, 0.1) is 0 Å². The summed E-state index contributed by atoms with van der Waals surface area (Å²) in [4.78, 5) is 0. The fraction of sp³-hybridized carbons (Fsp3) is 0.538. The number of nitrogens with one attached hydrogen (secondary N) is 1. The predicted molar refractivity (Wildman–Crippen MR) is 74.8 cm³/mol. The van der Waals surface area contributed by atoms with Crippen molar-refractivity contribution in [2.45, 2.75) is 13.5 Å². The molecule has 0 saturated carbocycles. The molecule has 1 unspecified atom stereocenters. The van der Waals surface area contributed by atoms with Crippen LogP contribution in [0.15, 0.2) is 18.2 Å². The molecule has 102 valence electrons. The van der Waals surface area contributed by atoms with E-state index in [1.807, 2.05) is 25.1 Å². The standard InChI is InChI=1S/C13H21NO3S/c1-4-17-13-9-11(5-6-12(13)16-2)10-14-7-8-18(3)15/h5-6,9,14H,4,7-8,10H2,1-3H3. The number of benzene rings is 1. The lowest BCUT2D eigenvalue weighted by Crippen LogP contribution is -2.19. The lowest BCUT2D eigenvalue weighted by Gasteiger charge is -2.11. The van der Waals surface area contributed by atoms with E-state index in [-0.39, 0.29) is 0 Å². The van der Waals surface area contributed by atoms with Gasteiger partial charge < -0.3 is 14.8 Å². The van der Waals surface area contributed by atoms with E-state index in [4.69, 9.17) is 9.47 Å². The van der Waals surface area contributed by atoms with Crippen molar-refractivity contribution in [1.29, 1.82) is 0 Å². The maximum Gasteiger partial charge on any atom is 0.161 e. The summed E-state index contributed by atoms with van der Waals surface area (Å²) in [5.74, 6) is 2.18. The monoisotopic (exact) mass is 271 g/mol. The van der Waals surface area contributed by atoms with Gasteiger partial charge in [-0.15, -0.1) is 0 Å². The number of ether oxygens (including phenoxy) is 2. The Labute approximate surface area is 111 Å². The van der Waals surface area contributed by atoms with Gasteiger partial charge in [-0.05, 0) is 24.6 Å². The van der Waals surface area contributed by atoms with Crippen LogP contribution in [0.5, 0.6) is 11.5 Å². The highest BCUT2D eigenvalue weighted by molar-refractivity contribution is 7.84. The minimum Gasteiger partial charge on any atom is -0.493 e. The predicted octanol–water partition coefficient (Wildman–Crippen LogP) is 1.56. The second-order valence-corrected chi connectivity index (χ2v) is 5.43. The van der Waals surface area contributed by atoms with Crippen molar-refractivity contribution in [3.8, 4) is 11.5 Å². The Hall–Kier alpha value is -1.07. The molecule has 0 fully saturated rings. The quantitative estimate of drug-likeness (QED) is 0.729. The summed E-state index contributed by atoms with van der Waals surface area (Å²) >= 11 is 0. The Bertz CT molecular complexity index is 396. The number of hydrogen-bond donors (Lipinski definition) is 1. The van der Waals surface area contributed by atoms with Crippen LogP contribution in [0.2, 0.25) is 0 Å². The van der Waals surface area contributed by atoms with Crippen molar-refractivity contribution in [2.24, 2.45) is 0 Å². The molecule has 0 saturated heterocycles. The van der Waals surface area contributed by atoms with Gasteiger partial charge in [-0.3, -0.25) is 4.21 Å². The molecule has 0 aliphatic heterocycles. The summed E-state index contributed by atoms with van der Waals surface area (Å²) in [5.41, 5.74) is 1.13. The molecule has 0 amide bonds. The molecule has 0 spiro atoms. The number of hydrogen-bond acceptors (Lipinski definition) is 4. The van der Waals surface area contributed by atoms with E-state index in [0.29, 0.717) is 12.4 Å². The van der Waals surface area contributed by atoms with Crippen LogP contribution < -0.4 is 14.8 Å². The number of rotatable bonds is 8. The summed E-state index contributed by atoms with van der Waals surface area (Å²) in [6.45, 7) is 4.05. The maximum atomic E-state index is 10.9. The molecule has 1 atom stereocenters. The fourth-order valence-corrected chi connectivity index (χ4v) is 1.98. The molecule has 4 nitrogen and oxygen atoms in total. The zero-order valence-corrected chi connectivity index (χ0v) is 12.0. The van der Waals surface area contributed by atoms with Crippen LogP contribution in [0.1, 0.15) is 12.5 Å². The first-order valence-electron chi connectivity index (χ1n) is 5.97. The third kappa shape index (κ3) is 5.06. The molecule has 5 heteroatoms. The Balaban J connectivity index is 2.55. The molecule has 0 aliphatic carbocycles. The third-order valence-corrected chi connectivity index (χ3v) is 3.20. The minimum absolute atomic E-state index is 0.613. The first-order valence-corrected chi connectivity index (χ1v) is 7.70. The average molecular weight is 271 g/mol. The molecule has 1 aromatic rings. The van der Waals surface area contributed by atoms with Crippen LogP contribution in [0.4, 0.5) is 0 Å². The Morgan fingerprint density at radius 2 is 2.11 bits per heavy atom. The van der Waals surface area contributed by atoms with E-state index in [1.54, 1.807) is 13.4 Å². The Morgan fingerprint density at radius 3 is 2.72 bits per heavy atom. The fourth-order valence-electron chi connectivity index (χ4n) is 1.55. The van der Waals surface area contributed by atoms with E-state index in [1.165, 1.54) is 0 Å². The molecule has 0 radical (unpaired) electrons. The van der Waals surface area contributed by atoms with Crippen molar-refractivity contribution in [3.05, 3.63) is 23.8 Å². The lowest BCUT2D eigenvalue weighted by molar-refractivity contribution is 0.310. The van der Waals surface area contributed by atoms with Crippen LogP contribution in [-0.4, -0.2) is 36.5 Å². The normalized spacial score (nSPS) is 12.2. The molecular weight excluding hydrogens is 250 g/mol. The smallest absolute Gasteiger partial charge is 0.161 e. The lowest BCUT2D eigenvalue weighted by atomic mass is 10.2. The Kier molecular flexibility index (Phi) is 6.75. The molecule has 1 aromatic carbocycles. The van der Waals surface area contributed by atoms with E-state index >= 15 is 0 Å². The van der Waals surface area contributed by atoms with Gasteiger partial charge in [0.1, 0.15) is 0 Å². The van der Waals surface area contributed by atoms with E-state index in [2.05, 4.69) is 5.32 Å². The highest BCUT2D eigenvalue weighted by Crippen LogP contribution is 2.27. The van der Waals surface area contributed by atoms with Gasteiger partial charge in [-0.2, -0.15) is 0 Å². The van der Waals surface area contributed by atoms with Gasteiger partial charge in [0.2, 0.25) is 0 Å². The molecule has 1 N–H and O–H groups in total. The van der Waals surface area contributed by atoms with Crippen molar-refractivity contribution in [1.82, 2.24) is 5.32 Å². The average Bonchev–Trinajstić information content (AvgIpc) is 2.35. The summed E-state index contributed by atoms with van der Waals surface area (Å²) in [5, 5.41) is 3.25. The molecule has 18 heavy (non-hydrogen) atoms. The molecule has 0 heterocycles. The third-order valence-electron chi connectivity index (χ3n) is 2.42. The SMILES string of the molecule is CCOc1cc(CNCCS(C)=O)ccc1OC. The van der Waals surface area contributed by atoms with Crippen LogP contribution >= 0.6 is 0 Å². The summed E-state index contributed by atoms with van der Waals surface area (Å²) in [6.07, 6.45) is 1.71. The van der Waals surface area contributed by atoms with Gasteiger partial charge in [-0.25, -0.2) is 0 Å². The summed E-state index contributed by atoms with van der Waals surface area (Å²) in [7, 11) is 0.888. The molecule has 1 rings (SSSR count). The van der Waals surface area contributed by atoms with Gasteiger partial charge >= 0.3 is 0 Å². The second-order valence-electron chi connectivity index (χ2n) is 3.87. The summed E-state index contributed by atoms with van der Waals surface area (Å²) in [6, 6.07) is 5.87. The highest BCUT2D eigenvalue weighted by atomic mass is 32.2. The van der Waals surface area contributed by atoms with Crippen molar-refractivity contribution < 1.29 is 13.7 Å². The zero-order valence-electron chi connectivity index (χ0n) is 11.2. The summed E-state index contributed by atoms with van der Waals surface area (Å²) < 4.78 is 21.6. The van der Waals surface area contributed by atoms with Gasteiger partial charge in [0.15, 0.2) is 11.5 Å². The Morgan fingerprint density at radius 1 is 1.33 bits per heavy atom. The van der Waals surface area contributed by atoms with E-state index < -0.39 is 10.8 Å². The molecule has 0 aromatic heterocycles. The van der Waals surface area contributed by atoms with Crippen molar-refractivity contribution >= 4 is 10.8 Å². The molecule has 0 bridgehead atoms. The minimum atomic E-state index is -0.743. The van der Waals surface area contributed by atoms with Gasteiger partial charge in [-0.1, -0.05) is 6.07 Å². The van der Waals surface area contributed by atoms with Crippen LogP contribution in [0.3, 0.4) is 0 Å². The van der Waals surface area contributed by atoms with Crippen LogP contribution in [0.25, 0.3) is 0 Å². The molecule has 0 aliphatic rings. The van der Waals surface area contributed by atoms with E-state index in [9.17, 15) is 4.21 Å². The van der Waals surface area contributed by atoms with Crippen molar-refractivity contribution in [3.63, 3.8) is 0 Å². The zero-order chi connectivity index (χ0) is 13.4. The number of methoxy groups -OCH3 is 1. The first kappa shape index (κ1) is 15.0. The molecular formula is C13H21NO3S. The van der Waals surface area contributed by atoms with Crippen LogP contribution in [-0.2, 0) is 17.3 Å². The van der Waals surface area contributed by atoms with E-state index in [0.717, 1.165) is 30.2 Å². The second kappa shape index (κ2) is 8.11. The first-order chi connectivity index (χ1) is 8.67. The van der Waals surface area contributed by atoms with Gasteiger partial charge in [0.25, 0.3) is 0 Å².